The van der Waals surface area contributed by atoms with Crippen LogP contribution in [0, 0.1) is 6.92 Å². The Kier molecular flexibility index (Phi) is 5.53. The summed E-state index contributed by atoms with van der Waals surface area (Å²) in [5, 5.41) is 1.32. The van der Waals surface area contributed by atoms with Crippen LogP contribution in [-0.4, -0.2) is 28.6 Å². The van der Waals surface area contributed by atoms with E-state index in [1.807, 2.05) is 63.2 Å². The molecule has 6 nitrogen and oxygen atoms in total. The van der Waals surface area contributed by atoms with Gasteiger partial charge in [0.25, 0.3) is 5.91 Å². The molecule has 0 spiro atoms. The van der Waals surface area contributed by atoms with E-state index in [0.29, 0.717) is 17.7 Å². The number of fused-ring (bicyclic) bond motifs is 1. The van der Waals surface area contributed by atoms with Crippen molar-refractivity contribution in [2.45, 2.75) is 33.4 Å². The van der Waals surface area contributed by atoms with Gasteiger partial charge in [0.15, 0.2) is 12.2 Å². The number of oxazole rings is 1. The van der Waals surface area contributed by atoms with E-state index in [4.69, 9.17) is 14.0 Å². The number of hydrogen-bond acceptors (Lipinski definition) is 5. The molecular formula is C20H22N2O4. The Bertz CT molecular complexity index is 855. The zero-order valence-electron chi connectivity index (χ0n) is 15.1. The smallest absolute Gasteiger partial charge is 0.395 e. The van der Waals surface area contributed by atoms with Crippen molar-refractivity contribution < 1.29 is 18.8 Å². The predicted octanol–water partition coefficient (Wildman–Crippen LogP) is 3.88. The van der Waals surface area contributed by atoms with Gasteiger partial charge < -0.3 is 9.15 Å². The average Bonchev–Trinajstić information content (AvgIpc) is 3.03. The quantitative estimate of drug-likeness (QED) is 0.602. The van der Waals surface area contributed by atoms with Crippen LogP contribution in [0.1, 0.15) is 25.0 Å². The van der Waals surface area contributed by atoms with Gasteiger partial charge >= 0.3 is 6.08 Å². The maximum Gasteiger partial charge on any atom is 0.395 e. The van der Waals surface area contributed by atoms with E-state index in [0.717, 1.165) is 11.1 Å². The van der Waals surface area contributed by atoms with Crippen LogP contribution in [0.25, 0.3) is 11.1 Å². The zero-order chi connectivity index (χ0) is 18.5. The van der Waals surface area contributed by atoms with E-state index in [1.165, 1.54) is 5.06 Å². The first-order chi connectivity index (χ1) is 12.5. The monoisotopic (exact) mass is 354 g/mol. The second-order valence-electron chi connectivity index (χ2n) is 6.31. The molecule has 0 saturated carbocycles. The lowest BCUT2D eigenvalue weighted by molar-refractivity contribution is -0.204. The second kappa shape index (κ2) is 8.01. The Morgan fingerprint density at radius 1 is 1.19 bits per heavy atom. The molecule has 2 aromatic carbocycles. The van der Waals surface area contributed by atoms with Crippen molar-refractivity contribution in [3.8, 4) is 6.08 Å². The van der Waals surface area contributed by atoms with Gasteiger partial charge in [-0.2, -0.15) is 4.98 Å². The van der Waals surface area contributed by atoms with Gasteiger partial charge in [-0.25, -0.2) is 5.06 Å². The van der Waals surface area contributed by atoms with E-state index in [9.17, 15) is 4.79 Å². The maximum atomic E-state index is 12.5. The first kappa shape index (κ1) is 17.9. The van der Waals surface area contributed by atoms with Gasteiger partial charge in [0, 0.05) is 0 Å². The minimum absolute atomic E-state index is 0.0712. The highest BCUT2D eigenvalue weighted by Crippen LogP contribution is 2.20. The number of hydroxylamine groups is 2. The van der Waals surface area contributed by atoms with Gasteiger partial charge in [0.1, 0.15) is 12.1 Å². The number of rotatable bonds is 7. The number of aryl methyl sites for hydroxylation is 1. The van der Waals surface area contributed by atoms with Crippen LogP contribution in [0.15, 0.2) is 52.9 Å². The van der Waals surface area contributed by atoms with Crippen LogP contribution in [0.4, 0.5) is 0 Å². The van der Waals surface area contributed by atoms with E-state index in [2.05, 4.69) is 4.98 Å². The summed E-state index contributed by atoms with van der Waals surface area (Å²) >= 11 is 0. The molecular weight excluding hydrogens is 332 g/mol. The molecule has 1 heterocycles. The fourth-order valence-electron chi connectivity index (χ4n) is 2.55. The number of hydrogen-bond donors (Lipinski definition) is 0. The number of amides is 1. The second-order valence-corrected chi connectivity index (χ2v) is 6.31. The molecule has 3 rings (SSSR count). The normalized spacial score (nSPS) is 11.1. The Balaban J connectivity index is 1.59. The van der Waals surface area contributed by atoms with E-state index in [1.54, 1.807) is 6.07 Å². The molecule has 136 valence electrons. The van der Waals surface area contributed by atoms with Gasteiger partial charge in [0.05, 0.1) is 6.04 Å². The van der Waals surface area contributed by atoms with Crippen molar-refractivity contribution in [2.75, 3.05) is 6.61 Å². The Labute approximate surface area is 152 Å². The Morgan fingerprint density at radius 2 is 2.00 bits per heavy atom. The summed E-state index contributed by atoms with van der Waals surface area (Å²) in [6, 6.07) is 15.2. The maximum absolute atomic E-state index is 12.5. The predicted molar refractivity (Wildman–Crippen MR) is 97.5 cm³/mol. The molecule has 0 unspecified atom stereocenters. The fourth-order valence-corrected chi connectivity index (χ4v) is 2.55. The molecule has 0 saturated heterocycles. The third kappa shape index (κ3) is 4.40. The van der Waals surface area contributed by atoms with Gasteiger partial charge in [-0.1, -0.05) is 42.0 Å². The van der Waals surface area contributed by atoms with Crippen LogP contribution in [0.3, 0.4) is 0 Å². The summed E-state index contributed by atoms with van der Waals surface area (Å²) < 4.78 is 10.9. The van der Waals surface area contributed by atoms with Gasteiger partial charge in [0.2, 0.25) is 0 Å². The highest BCUT2D eigenvalue weighted by molar-refractivity contribution is 5.77. The molecule has 0 aliphatic carbocycles. The molecule has 0 bridgehead atoms. The number of ether oxygens (including phenoxy) is 1. The summed E-state index contributed by atoms with van der Waals surface area (Å²) in [6.07, 6.45) is 0.0712. The standard InChI is InChI=1S/C20H22N2O4/c1-14(2)22(25-12-16-8-6-7-15(3)11-16)19(23)13-24-20-21-17-9-4-5-10-18(17)26-20/h4-11,14H,12-13H2,1-3H3. The summed E-state index contributed by atoms with van der Waals surface area (Å²) in [4.78, 5) is 22.4. The lowest BCUT2D eigenvalue weighted by atomic mass is 10.1. The summed E-state index contributed by atoms with van der Waals surface area (Å²) in [7, 11) is 0. The molecule has 6 heteroatoms. The number of aromatic nitrogens is 1. The molecule has 26 heavy (non-hydrogen) atoms. The summed E-state index contributed by atoms with van der Waals surface area (Å²) in [5.74, 6) is -0.296. The highest BCUT2D eigenvalue weighted by atomic mass is 16.7. The van der Waals surface area contributed by atoms with Gasteiger partial charge in [-0.05, 0) is 38.5 Å². The molecule has 0 atom stereocenters. The van der Waals surface area contributed by atoms with Crippen molar-refractivity contribution >= 4 is 17.0 Å². The third-order valence-corrected chi connectivity index (χ3v) is 3.76. The van der Waals surface area contributed by atoms with E-state index < -0.39 is 0 Å². The first-order valence-corrected chi connectivity index (χ1v) is 8.52. The molecule has 0 fully saturated rings. The van der Waals surface area contributed by atoms with Gasteiger partial charge in [-0.3, -0.25) is 9.63 Å². The number of para-hydroxylation sites is 2. The zero-order valence-corrected chi connectivity index (χ0v) is 15.1. The minimum Gasteiger partial charge on any atom is -0.440 e. The van der Waals surface area contributed by atoms with E-state index in [-0.39, 0.29) is 24.6 Å². The number of nitrogens with zero attached hydrogens (tertiary/aromatic N) is 2. The molecule has 0 radical (unpaired) electrons. The first-order valence-electron chi connectivity index (χ1n) is 8.52. The van der Waals surface area contributed by atoms with E-state index >= 15 is 0 Å². The lowest BCUT2D eigenvalue weighted by Crippen LogP contribution is -2.39. The summed E-state index contributed by atoms with van der Waals surface area (Å²) in [5.41, 5.74) is 3.45. The minimum atomic E-state index is -0.296. The number of carbonyl (C=O) groups excluding carboxylic acids is 1. The van der Waals surface area contributed by atoms with Crippen molar-refractivity contribution in [1.82, 2.24) is 10.0 Å². The third-order valence-electron chi connectivity index (χ3n) is 3.76. The van der Waals surface area contributed by atoms with Crippen molar-refractivity contribution in [3.05, 3.63) is 59.7 Å². The SMILES string of the molecule is Cc1cccc(CON(C(=O)COc2nc3ccccc3o2)C(C)C)c1. The van der Waals surface area contributed by atoms with Crippen molar-refractivity contribution in [3.63, 3.8) is 0 Å². The van der Waals surface area contributed by atoms with Crippen LogP contribution >= 0.6 is 0 Å². The van der Waals surface area contributed by atoms with Crippen LogP contribution in [0.5, 0.6) is 6.08 Å². The van der Waals surface area contributed by atoms with Gasteiger partial charge in [-0.15, -0.1) is 0 Å². The molecule has 1 amide bonds. The molecule has 0 aliphatic rings. The molecule has 0 N–H and O–H groups in total. The fraction of sp³-hybridized carbons (Fsp3) is 0.300. The Hall–Kier alpha value is -2.86. The molecule has 1 aromatic heterocycles. The molecule has 0 aliphatic heterocycles. The number of carbonyl (C=O) groups is 1. The van der Waals surface area contributed by atoms with Crippen LogP contribution in [-0.2, 0) is 16.2 Å². The Morgan fingerprint density at radius 3 is 2.73 bits per heavy atom. The topological polar surface area (TPSA) is 64.8 Å². The summed E-state index contributed by atoms with van der Waals surface area (Å²) in [6.45, 7) is 5.89. The number of benzene rings is 2. The highest BCUT2D eigenvalue weighted by Gasteiger charge is 2.20. The largest absolute Gasteiger partial charge is 0.440 e. The average molecular weight is 354 g/mol. The van der Waals surface area contributed by atoms with Crippen molar-refractivity contribution in [1.29, 1.82) is 0 Å². The molecule has 3 aromatic rings. The lowest BCUT2D eigenvalue weighted by Gasteiger charge is -2.25. The van der Waals surface area contributed by atoms with Crippen molar-refractivity contribution in [2.24, 2.45) is 0 Å². The van der Waals surface area contributed by atoms with Crippen LogP contribution < -0.4 is 4.74 Å². The van der Waals surface area contributed by atoms with Crippen LogP contribution in [0.2, 0.25) is 0 Å².